The summed E-state index contributed by atoms with van der Waals surface area (Å²) < 4.78 is 0. The van der Waals surface area contributed by atoms with E-state index in [1.54, 1.807) is 31.5 Å². The van der Waals surface area contributed by atoms with Crippen molar-refractivity contribution in [2.45, 2.75) is 33.0 Å². The van der Waals surface area contributed by atoms with Gasteiger partial charge in [0.15, 0.2) is 0 Å². The van der Waals surface area contributed by atoms with Gasteiger partial charge in [-0.1, -0.05) is 23.7 Å². The summed E-state index contributed by atoms with van der Waals surface area (Å²) in [7, 11) is 0. The Kier molecular flexibility index (Phi) is 6.32. The number of pyridine rings is 1. The van der Waals surface area contributed by atoms with Gasteiger partial charge in [-0.15, -0.1) is 0 Å². The highest BCUT2D eigenvalue weighted by molar-refractivity contribution is 6.30. The third kappa shape index (κ3) is 5.06. The molecule has 1 aromatic heterocycles. The molecule has 2 aromatic rings. The maximum absolute atomic E-state index is 12.4. The molecule has 24 heavy (non-hydrogen) atoms. The summed E-state index contributed by atoms with van der Waals surface area (Å²) >= 11 is 5.87. The highest BCUT2D eigenvalue weighted by Gasteiger charge is 2.23. The fraction of sp³-hybridized carbons (Fsp3) is 0.278. The molecule has 0 fully saturated rings. The second-order valence-electron chi connectivity index (χ2n) is 5.52. The molecule has 6 heteroatoms. The smallest absolute Gasteiger partial charge is 0.242 e. The minimum atomic E-state index is -0.569. The normalized spacial score (nSPS) is 11.6. The van der Waals surface area contributed by atoms with Gasteiger partial charge in [0.2, 0.25) is 11.8 Å². The van der Waals surface area contributed by atoms with Crippen molar-refractivity contribution >= 4 is 23.4 Å². The monoisotopic (exact) mass is 345 g/mol. The maximum Gasteiger partial charge on any atom is 0.242 e. The first-order valence-corrected chi connectivity index (χ1v) is 8.03. The van der Waals surface area contributed by atoms with Crippen LogP contribution in [0.15, 0.2) is 48.8 Å². The lowest BCUT2D eigenvalue weighted by Crippen LogP contribution is -2.46. The number of halogens is 1. The Morgan fingerprint density at radius 1 is 1.12 bits per heavy atom. The fourth-order valence-electron chi connectivity index (χ4n) is 2.29. The SMILES string of the molecule is CC(=O)N(Cc1ccc(Cl)cc1)[C@@H](C)C(=O)NCc1ccncc1. The zero-order valence-electron chi connectivity index (χ0n) is 13.7. The lowest BCUT2D eigenvalue weighted by atomic mass is 10.1. The third-order valence-corrected chi connectivity index (χ3v) is 3.99. The highest BCUT2D eigenvalue weighted by Crippen LogP contribution is 2.13. The van der Waals surface area contributed by atoms with Crippen LogP contribution < -0.4 is 5.32 Å². The van der Waals surface area contributed by atoms with Crippen LogP contribution in [-0.2, 0) is 22.7 Å². The number of nitrogens with zero attached hydrogens (tertiary/aromatic N) is 2. The molecule has 0 aliphatic heterocycles. The number of hydrogen-bond donors (Lipinski definition) is 1. The maximum atomic E-state index is 12.4. The molecule has 0 radical (unpaired) electrons. The molecular formula is C18H20ClN3O2. The van der Waals surface area contributed by atoms with Gasteiger partial charge in [-0.25, -0.2) is 0 Å². The van der Waals surface area contributed by atoms with Crippen LogP contribution in [0.5, 0.6) is 0 Å². The number of nitrogens with one attached hydrogen (secondary N) is 1. The molecule has 0 unspecified atom stereocenters. The van der Waals surface area contributed by atoms with E-state index < -0.39 is 6.04 Å². The van der Waals surface area contributed by atoms with E-state index in [1.807, 2.05) is 24.3 Å². The molecule has 126 valence electrons. The zero-order chi connectivity index (χ0) is 17.5. The van der Waals surface area contributed by atoms with Crippen molar-refractivity contribution < 1.29 is 9.59 Å². The average Bonchev–Trinajstić information content (AvgIpc) is 2.59. The van der Waals surface area contributed by atoms with E-state index in [0.717, 1.165) is 11.1 Å². The van der Waals surface area contributed by atoms with E-state index in [-0.39, 0.29) is 11.8 Å². The van der Waals surface area contributed by atoms with Gasteiger partial charge in [-0.3, -0.25) is 14.6 Å². The van der Waals surface area contributed by atoms with Crippen molar-refractivity contribution in [1.82, 2.24) is 15.2 Å². The summed E-state index contributed by atoms with van der Waals surface area (Å²) in [6, 6.07) is 10.3. The van der Waals surface area contributed by atoms with Gasteiger partial charge in [0.25, 0.3) is 0 Å². The summed E-state index contributed by atoms with van der Waals surface area (Å²) in [5.74, 6) is -0.354. The van der Waals surface area contributed by atoms with Gasteiger partial charge in [0.05, 0.1) is 0 Å². The molecule has 2 rings (SSSR count). The summed E-state index contributed by atoms with van der Waals surface area (Å²) in [6.45, 7) is 3.94. The van der Waals surface area contributed by atoms with E-state index in [1.165, 1.54) is 11.8 Å². The topological polar surface area (TPSA) is 62.3 Å². The van der Waals surface area contributed by atoms with Crippen LogP contribution in [0, 0.1) is 0 Å². The molecule has 0 aliphatic carbocycles. The predicted molar refractivity (Wildman–Crippen MR) is 93.2 cm³/mol. The Hall–Kier alpha value is -2.40. The molecule has 0 bridgehead atoms. The zero-order valence-corrected chi connectivity index (χ0v) is 14.5. The molecule has 0 saturated carbocycles. The van der Waals surface area contributed by atoms with E-state index in [9.17, 15) is 9.59 Å². The molecule has 1 heterocycles. The van der Waals surface area contributed by atoms with Gasteiger partial charge in [-0.05, 0) is 42.3 Å². The summed E-state index contributed by atoms with van der Waals surface area (Å²) in [5, 5.41) is 3.48. The first-order valence-electron chi connectivity index (χ1n) is 7.65. The van der Waals surface area contributed by atoms with E-state index in [2.05, 4.69) is 10.3 Å². The molecule has 1 aromatic carbocycles. The van der Waals surface area contributed by atoms with Crippen LogP contribution >= 0.6 is 11.6 Å². The van der Waals surface area contributed by atoms with Crippen LogP contribution in [0.25, 0.3) is 0 Å². The van der Waals surface area contributed by atoms with Crippen molar-refractivity contribution in [3.8, 4) is 0 Å². The first-order chi connectivity index (χ1) is 11.5. The second-order valence-corrected chi connectivity index (χ2v) is 5.96. The van der Waals surface area contributed by atoms with Gasteiger partial charge in [-0.2, -0.15) is 0 Å². The Morgan fingerprint density at radius 3 is 2.33 bits per heavy atom. The van der Waals surface area contributed by atoms with Crippen LogP contribution in [0.1, 0.15) is 25.0 Å². The van der Waals surface area contributed by atoms with Crippen molar-refractivity contribution in [3.63, 3.8) is 0 Å². The van der Waals surface area contributed by atoms with Gasteiger partial charge in [0.1, 0.15) is 6.04 Å². The largest absolute Gasteiger partial charge is 0.350 e. The molecule has 5 nitrogen and oxygen atoms in total. The van der Waals surface area contributed by atoms with Gasteiger partial charge in [0, 0.05) is 37.4 Å². The Balaban J connectivity index is 1.99. The van der Waals surface area contributed by atoms with Crippen LogP contribution in [0.3, 0.4) is 0 Å². The quantitative estimate of drug-likeness (QED) is 0.875. The Labute approximate surface area is 146 Å². The second kappa shape index (κ2) is 8.45. The minimum absolute atomic E-state index is 0.156. The van der Waals surface area contributed by atoms with Crippen LogP contribution in [0.4, 0.5) is 0 Å². The number of carbonyl (C=O) groups excluding carboxylic acids is 2. The molecule has 0 saturated heterocycles. The lowest BCUT2D eigenvalue weighted by molar-refractivity contribution is -0.139. The van der Waals surface area contributed by atoms with Crippen LogP contribution in [-0.4, -0.2) is 27.7 Å². The molecule has 0 spiro atoms. The van der Waals surface area contributed by atoms with Crippen molar-refractivity contribution in [1.29, 1.82) is 0 Å². The van der Waals surface area contributed by atoms with Gasteiger partial charge < -0.3 is 10.2 Å². The lowest BCUT2D eigenvalue weighted by Gasteiger charge is -2.27. The summed E-state index contributed by atoms with van der Waals surface area (Å²) in [6.07, 6.45) is 3.35. The molecule has 1 N–H and O–H groups in total. The molecule has 1 atom stereocenters. The number of hydrogen-bond acceptors (Lipinski definition) is 3. The molecule has 2 amide bonds. The van der Waals surface area contributed by atoms with Crippen LogP contribution in [0.2, 0.25) is 5.02 Å². The average molecular weight is 346 g/mol. The molecular weight excluding hydrogens is 326 g/mol. The first kappa shape index (κ1) is 17.9. The minimum Gasteiger partial charge on any atom is -0.350 e. The van der Waals surface area contributed by atoms with Crippen molar-refractivity contribution in [3.05, 3.63) is 64.9 Å². The van der Waals surface area contributed by atoms with E-state index >= 15 is 0 Å². The number of aromatic nitrogens is 1. The Morgan fingerprint density at radius 2 is 1.75 bits per heavy atom. The number of amides is 2. The predicted octanol–water partition coefficient (Wildman–Crippen LogP) is 2.79. The van der Waals surface area contributed by atoms with Gasteiger partial charge >= 0.3 is 0 Å². The van der Waals surface area contributed by atoms with E-state index in [0.29, 0.717) is 18.1 Å². The number of rotatable bonds is 6. The number of benzene rings is 1. The van der Waals surface area contributed by atoms with E-state index in [4.69, 9.17) is 11.6 Å². The Bertz CT molecular complexity index is 689. The summed E-state index contributed by atoms with van der Waals surface area (Å²) in [4.78, 5) is 29.8. The summed E-state index contributed by atoms with van der Waals surface area (Å²) in [5.41, 5.74) is 1.88. The number of carbonyl (C=O) groups is 2. The fourth-order valence-corrected chi connectivity index (χ4v) is 2.41. The van der Waals surface area contributed by atoms with Crippen molar-refractivity contribution in [2.24, 2.45) is 0 Å². The third-order valence-electron chi connectivity index (χ3n) is 3.73. The standard InChI is InChI=1S/C18H20ClN3O2/c1-13(18(24)21-11-15-7-9-20-10-8-15)22(14(2)23)12-16-3-5-17(19)6-4-16/h3-10,13H,11-12H2,1-2H3,(H,21,24)/t13-/m0/s1. The highest BCUT2D eigenvalue weighted by atomic mass is 35.5. The van der Waals surface area contributed by atoms with Crippen molar-refractivity contribution in [2.75, 3.05) is 0 Å². The molecule has 0 aliphatic rings.